The molecule has 9 heteroatoms. The molecular weight excluding hydrogens is 719 g/mol. The minimum absolute atomic E-state index is 0.0577. The molecule has 3 atom stereocenters. The maximum absolute atomic E-state index is 12.8. The standard InChI is InChI=1S/C47H93N2O6P/c1-6-8-10-12-14-16-17-18-19-20-21-22-23-24-25-26-27-28-29-30-31-32-33-35-37-39-41-47(51)48-45(44-55-56(52,53)54-43-42-49(3,4)5)46(50)40-38-36-34-15-13-11-9-7-2/h13,15,38,40,45-46,50H,6-12,14,16-37,39,41-44H2,1-5H3,(H-,48,51,52,53)/p+1/b15-13+,40-38+. The van der Waals surface area contributed by atoms with Crippen molar-refractivity contribution < 1.29 is 32.9 Å². The lowest BCUT2D eigenvalue weighted by Gasteiger charge is -2.25. The van der Waals surface area contributed by atoms with E-state index in [4.69, 9.17) is 9.05 Å². The molecule has 0 saturated heterocycles. The Labute approximate surface area is 347 Å². The summed E-state index contributed by atoms with van der Waals surface area (Å²) in [6.45, 7) is 4.73. The van der Waals surface area contributed by atoms with Crippen molar-refractivity contribution in [3.8, 4) is 0 Å². The van der Waals surface area contributed by atoms with Gasteiger partial charge in [-0.2, -0.15) is 0 Å². The van der Waals surface area contributed by atoms with Gasteiger partial charge in [-0.05, 0) is 25.7 Å². The van der Waals surface area contributed by atoms with E-state index in [0.717, 1.165) is 38.5 Å². The van der Waals surface area contributed by atoms with Crippen LogP contribution < -0.4 is 5.32 Å². The molecule has 0 bridgehead atoms. The Morgan fingerprint density at radius 3 is 1.41 bits per heavy atom. The van der Waals surface area contributed by atoms with Gasteiger partial charge in [0, 0.05) is 6.42 Å². The van der Waals surface area contributed by atoms with Crippen LogP contribution in [-0.2, 0) is 18.4 Å². The maximum atomic E-state index is 12.8. The summed E-state index contributed by atoms with van der Waals surface area (Å²) < 4.78 is 23.4. The summed E-state index contributed by atoms with van der Waals surface area (Å²) in [4.78, 5) is 23.0. The molecule has 0 aliphatic carbocycles. The van der Waals surface area contributed by atoms with E-state index in [2.05, 4.69) is 31.3 Å². The second-order valence-corrected chi connectivity index (χ2v) is 18.9. The highest BCUT2D eigenvalue weighted by molar-refractivity contribution is 7.47. The first-order valence-electron chi connectivity index (χ1n) is 23.7. The number of hydrogen-bond acceptors (Lipinski definition) is 5. The smallest absolute Gasteiger partial charge is 0.387 e. The fraction of sp³-hybridized carbons (Fsp3) is 0.894. The number of nitrogens with zero attached hydrogens (tertiary/aromatic N) is 1. The zero-order valence-corrected chi connectivity index (χ0v) is 38.5. The number of amides is 1. The van der Waals surface area contributed by atoms with Crippen LogP contribution in [0.3, 0.4) is 0 Å². The number of phosphoric acid groups is 1. The molecule has 3 N–H and O–H groups in total. The highest BCUT2D eigenvalue weighted by Crippen LogP contribution is 2.43. The molecule has 0 aliphatic heterocycles. The van der Waals surface area contributed by atoms with Crippen LogP contribution in [0.1, 0.15) is 219 Å². The first-order chi connectivity index (χ1) is 27.0. The fourth-order valence-electron chi connectivity index (χ4n) is 6.87. The van der Waals surface area contributed by atoms with Crippen molar-refractivity contribution >= 4 is 13.7 Å². The van der Waals surface area contributed by atoms with Crippen LogP contribution in [0.5, 0.6) is 0 Å². The van der Waals surface area contributed by atoms with Crippen molar-refractivity contribution in [1.29, 1.82) is 0 Å². The number of nitrogens with one attached hydrogen (secondary N) is 1. The molecule has 0 saturated carbocycles. The van der Waals surface area contributed by atoms with Crippen LogP contribution in [0.4, 0.5) is 0 Å². The topological polar surface area (TPSA) is 105 Å². The number of rotatable bonds is 43. The number of aliphatic hydroxyl groups excluding tert-OH is 1. The number of carbonyl (C=O) groups excluding carboxylic acids is 1. The first-order valence-corrected chi connectivity index (χ1v) is 25.2. The molecule has 0 aromatic heterocycles. The SMILES string of the molecule is CCCC/C=C/CC/C=C/C(O)C(COP(=O)(O)OCC[N+](C)(C)C)NC(=O)CCCCCCCCCCCCCCCCCCCCCCCCCCCC. The number of aliphatic hydroxyl groups is 1. The van der Waals surface area contributed by atoms with Crippen LogP contribution in [0, 0.1) is 0 Å². The van der Waals surface area contributed by atoms with Crippen molar-refractivity contribution in [3.05, 3.63) is 24.3 Å². The lowest BCUT2D eigenvalue weighted by Crippen LogP contribution is -2.45. The summed E-state index contributed by atoms with van der Waals surface area (Å²) in [6.07, 6.45) is 47.2. The summed E-state index contributed by atoms with van der Waals surface area (Å²) in [5.41, 5.74) is 0. The summed E-state index contributed by atoms with van der Waals surface area (Å²) >= 11 is 0. The third-order valence-electron chi connectivity index (χ3n) is 10.7. The van der Waals surface area contributed by atoms with Crippen molar-refractivity contribution in [2.75, 3.05) is 40.9 Å². The lowest BCUT2D eigenvalue weighted by atomic mass is 10.0. The Balaban J connectivity index is 4.04. The average Bonchev–Trinajstić information content (AvgIpc) is 3.15. The molecule has 0 spiro atoms. The van der Waals surface area contributed by atoms with E-state index >= 15 is 0 Å². The summed E-state index contributed by atoms with van der Waals surface area (Å²) in [5.74, 6) is -0.187. The van der Waals surface area contributed by atoms with E-state index in [1.54, 1.807) is 6.08 Å². The quantitative estimate of drug-likeness (QED) is 0.0245. The first kappa shape index (κ1) is 55.0. The van der Waals surface area contributed by atoms with E-state index in [9.17, 15) is 19.4 Å². The summed E-state index contributed by atoms with van der Waals surface area (Å²) in [6, 6.07) is -0.856. The average molecular weight is 814 g/mol. The van der Waals surface area contributed by atoms with E-state index in [0.29, 0.717) is 17.4 Å². The number of hydrogen-bond donors (Lipinski definition) is 3. The van der Waals surface area contributed by atoms with Gasteiger partial charge in [0.2, 0.25) is 5.91 Å². The lowest BCUT2D eigenvalue weighted by molar-refractivity contribution is -0.870. The molecule has 0 aromatic carbocycles. The van der Waals surface area contributed by atoms with Gasteiger partial charge < -0.3 is 19.8 Å². The number of quaternary nitrogens is 1. The second-order valence-electron chi connectivity index (χ2n) is 17.5. The molecule has 0 heterocycles. The van der Waals surface area contributed by atoms with Gasteiger partial charge in [0.1, 0.15) is 13.2 Å². The van der Waals surface area contributed by atoms with Gasteiger partial charge >= 0.3 is 7.82 Å². The summed E-state index contributed by atoms with van der Waals surface area (Å²) in [5, 5.41) is 13.7. The molecular formula is C47H94N2O6P+. The van der Waals surface area contributed by atoms with E-state index in [1.165, 1.54) is 161 Å². The van der Waals surface area contributed by atoms with Crippen LogP contribution in [0.2, 0.25) is 0 Å². The van der Waals surface area contributed by atoms with Crippen LogP contribution in [0.15, 0.2) is 24.3 Å². The molecule has 0 aromatic rings. The molecule has 0 rings (SSSR count). The fourth-order valence-corrected chi connectivity index (χ4v) is 7.60. The second kappa shape index (κ2) is 39.4. The molecule has 0 fully saturated rings. The highest BCUT2D eigenvalue weighted by atomic mass is 31.2. The van der Waals surface area contributed by atoms with Gasteiger partial charge in [-0.25, -0.2) is 4.57 Å². The Morgan fingerprint density at radius 1 is 0.589 bits per heavy atom. The molecule has 0 radical (unpaired) electrons. The largest absolute Gasteiger partial charge is 0.472 e. The van der Waals surface area contributed by atoms with Gasteiger partial charge in [-0.15, -0.1) is 0 Å². The van der Waals surface area contributed by atoms with E-state index in [-0.39, 0.29) is 19.1 Å². The van der Waals surface area contributed by atoms with E-state index < -0.39 is 20.0 Å². The normalized spacial score (nSPS) is 14.5. The molecule has 1 amide bonds. The minimum atomic E-state index is -4.33. The van der Waals surface area contributed by atoms with E-state index in [1.807, 2.05) is 27.2 Å². The third-order valence-corrected chi connectivity index (χ3v) is 11.7. The van der Waals surface area contributed by atoms with Gasteiger partial charge in [0.15, 0.2) is 0 Å². The van der Waals surface area contributed by atoms with Crippen molar-refractivity contribution in [1.82, 2.24) is 5.32 Å². The number of carbonyl (C=O) groups is 1. The Morgan fingerprint density at radius 2 is 0.982 bits per heavy atom. The van der Waals surface area contributed by atoms with Crippen molar-refractivity contribution in [2.45, 2.75) is 231 Å². The van der Waals surface area contributed by atoms with Crippen molar-refractivity contribution in [2.24, 2.45) is 0 Å². The monoisotopic (exact) mass is 814 g/mol. The van der Waals surface area contributed by atoms with Gasteiger partial charge in [0.05, 0.1) is 39.9 Å². The molecule has 332 valence electrons. The Hall–Kier alpha value is -1.02. The third kappa shape index (κ3) is 41.2. The zero-order chi connectivity index (χ0) is 41.4. The van der Waals surface area contributed by atoms with Crippen LogP contribution >= 0.6 is 7.82 Å². The Kier molecular flexibility index (Phi) is 38.7. The molecule has 3 unspecified atom stereocenters. The molecule has 56 heavy (non-hydrogen) atoms. The van der Waals surface area contributed by atoms with Gasteiger partial charge in [-0.1, -0.05) is 212 Å². The predicted octanol–water partition coefficient (Wildman–Crippen LogP) is 13.3. The number of phosphoric ester groups is 1. The maximum Gasteiger partial charge on any atom is 0.472 e. The Bertz CT molecular complexity index is 969. The van der Waals surface area contributed by atoms with Crippen LogP contribution in [0.25, 0.3) is 0 Å². The highest BCUT2D eigenvalue weighted by Gasteiger charge is 2.27. The van der Waals surface area contributed by atoms with Crippen molar-refractivity contribution in [3.63, 3.8) is 0 Å². The summed E-state index contributed by atoms with van der Waals surface area (Å²) in [7, 11) is 1.56. The molecule has 8 nitrogen and oxygen atoms in total. The predicted molar refractivity (Wildman–Crippen MR) is 240 cm³/mol. The minimum Gasteiger partial charge on any atom is -0.387 e. The van der Waals surface area contributed by atoms with Gasteiger partial charge in [-0.3, -0.25) is 13.8 Å². The number of unbranched alkanes of at least 4 members (excludes halogenated alkanes) is 28. The molecule has 0 aliphatic rings. The number of allylic oxidation sites excluding steroid dienone is 3. The van der Waals surface area contributed by atoms with Crippen LogP contribution in [-0.4, -0.2) is 73.4 Å². The number of likely N-dealkylation sites (N-methyl/N-ethyl adjacent to an activating group) is 1. The zero-order valence-electron chi connectivity index (χ0n) is 37.6. The van der Waals surface area contributed by atoms with Gasteiger partial charge in [0.25, 0.3) is 0 Å².